The maximum Gasteiger partial charge on any atom is 0.174 e. The van der Waals surface area contributed by atoms with E-state index in [1.807, 2.05) is 43.3 Å². The molecule has 5 heteroatoms. The molecule has 0 aliphatic carbocycles. The topological polar surface area (TPSA) is 57.9 Å². The number of hydrogen-bond acceptors (Lipinski definition) is 4. The Morgan fingerprint density at radius 2 is 2.00 bits per heavy atom. The number of aryl methyl sites for hydroxylation is 1. The normalized spacial score (nSPS) is 9.85. The highest BCUT2D eigenvalue weighted by molar-refractivity contribution is 6.29. The molecular weight excluding hydrogens is 274 g/mol. The van der Waals surface area contributed by atoms with Crippen LogP contribution in [0.2, 0.25) is 5.15 Å². The van der Waals surface area contributed by atoms with Crippen LogP contribution in [0.15, 0.2) is 36.4 Å². The molecule has 0 saturated carbocycles. The highest BCUT2D eigenvalue weighted by Gasteiger charge is 2.01. The van der Waals surface area contributed by atoms with E-state index in [4.69, 9.17) is 21.6 Å². The first kappa shape index (κ1) is 14.2. The quantitative estimate of drug-likeness (QED) is 0.854. The van der Waals surface area contributed by atoms with E-state index in [9.17, 15) is 0 Å². The minimum atomic E-state index is 0.0627. The van der Waals surface area contributed by atoms with E-state index in [0.717, 1.165) is 16.9 Å². The molecule has 0 atom stereocenters. The predicted molar refractivity (Wildman–Crippen MR) is 78.9 cm³/mol. The largest absolute Gasteiger partial charge is 0.479 e. The van der Waals surface area contributed by atoms with Gasteiger partial charge in [-0.25, -0.2) is 4.98 Å². The average Bonchev–Trinajstić information content (AvgIpc) is 2.45. The summed E-state index contributed by atoms with van der Waals surface area (Å²) in [5, 5.41) is 12.2. The molecule has 1 aromatic carbocycles. The van der Waals surface area contributed by atoms with Crippen LogP contribution in [0.4, 0.5) is 5.69 Å². The average molecular weight is 288 g/mol. The summed E-state index contributed by atoms with van der Waals surface area (Å²) in [6.45, 7) is 2.66. The maximum absolute atomic E-state index is 8.44. The second-order valence-corrected chi connectivity index (χ2v) is 4.60. The molecule has 0 fully saturated rings. The van der Waals surface area contributed by atoms with Gasteiger partial charge in [0.1, 0.15) is 17.0 Å². The zero-order valence-electron chi connectivity index (χ0n) is 11.1. The second-order valence-electron chi connectivity index (χ2n) is 4.21. The number of nitrogens with one attached hydrogen (secondary N) is 1. The maximum atomic E-state index is 8.44. The van der Waals surface area contributed by atoms with Crippen LogP contribution >= 0.6 is 11.6 Å². The van der Waals surface area contributed by atoms with Gasteiger partial charge in [-0.3, -0.25) is 0 Å². The number of hydrogen-bond donors (Lipinski definition) is 1. The van der Waals surface area contributed by atoms with Gasteiger partial charge in [0.05, 0.1) is 11.4 Å². The number of ether oxygens (including phenoxy) is 1. The van der Waals surface area contributed by atoms with E-state index in [0.29, 0.717) is 17.4 Å². The molecule has 2 rings (SSSR count). The first-order chi connectivity index (χ1) is 9.69. The van der Waals surface area contributed by atoms with Crippen LogP contribution in [-0.4, -0.2) is 11.6 Å². The van der Waals surface area contributed by atoms with Gasteiger partial charge in [-0.2, -0.15) is 5.26 Å². The molecule has 0 aliphatic rings. The van der Waals surface area contributed by atoms with Gasteiger partial charge in [0, 0.05) is 6.54 Å². The second kappa shape index (κ2) is 6.78. The van der Waals surface area contributed by atoms with E-state index in [1.165, 1.54) is 0 Å². The highest BCUT2D eigenvalue weighted by atomic mass is 35.5. The van der Waals surface area contributed by atoms with Crippen LogP contribution in [0.3, 0.4) is 0 Å². The molecule has 0 amide bonds. The third-order valence-corrected chi connectivity index (χ3v) is 2.97. The highest BCUT2D eigenvalue weighted by Crippen LogP contribution is 2.17. The zero-order chi connectivity index (χ0) is 14.4. The van der Waals surface area contributed by atoms with E-state index in [-0.39, 0.29) is 6.61 Å². The summed E-state index contributed by atoms with van der Waals surface area (Å²) < 4.78 is 5.20. The van der Waals surface area contributed by atoms with Crippen molar-refractivity contribution in [3.8, 4) is 11.8 Å². The number of pyridine rings is 1. The number of benzene rings is 1. The molecule has 1 aromatic heterocycles. The Morgan fingerprint density at radius 1 is 1.25 bits per heavy atom. The molecule has 0 bridgehead atoms. The van der Waals surface area contributed by atoms with Gasteiger partial charge in [0.15, 0.2) is 6.61 Å². The number of rotatable bonds is 5. The molecule has 4 nitrogen and oxygen atoms in total. The summed E-state index contributed by atoms with van der Waals surface area (Å²) in [5.74, 6) is 0.694. The molecule has 102 valence electrons. The first-order valence-corrected chi connectivity index (χ1v) is 6.52. The van der Waals surface area contributed by atoms with Gasteiger partial charge in [0.2, 0.25) is 0 Å². The fraction of sp³-hybridized carbons (Fsp3) is 0.200. The Kier molecular flexibility index (Phi) is 4.80. The van der Waals surface area contributed by atoms with Crippen molar-refractivity contribution in [3.63, 3.8) is 0 Å². The molecule has 0 spiro atoms. The minimum Gasteiger partial charge on any atom is -0.479 e. The van der Waals surface area contributed by atoms with Crippen molar-refractivity contribution in [1.82, 2.24) is 4.98 Å². The van der Waals surface area contributed by atoms with Crippen molar-refractivity contribution >= 4 is 17.3 Å². The van der Waals surface area contributed by atoms with E-state index in [1.54, 1.807) is 6.07 Å². The fourth-order valence-electron chi connectivity index (χ4n) is 1.73. The molecule has 0 saturated heterocycles. The number of aromatic nitrogens is 1. The molecule has 1 N–H and O–H groups in total. The Labute approximate surface area is 123 Å². The third kappa shape index (κ3) is 3.87. The van der Waals surface area contributed by atoms with Gasteiger partial charge in [-0.15, -0.1) is 0 Å². The lowest BCUT2D eigenvalue weighted by Crippen LogP contribution is -2.02. The number of halogens is 1. The van der Waals surface area contributed by atoms with Crippen LogP contribution < -0.4 is 10.1 Å². The monoisotopic (exact) mass is 287 g/mol. The van der Waals surface area contributed by atoms with E-state index < -0.39 is 0 Å². The smallest absolute Gasteiger partial charge is 0.174 e. The Morgan fingerprint density at radius 3 is 2.65 bits per heavy atom. The summed E-state index contributed by atoms with van der Waals surface area (Å²) in [4.78, 5) is 4.19. The van der Waals surface area contributed by atoms with Crippen molar-refractivity contribution in [2.45, 2.75) is 13.5 Å². The summed E-state index contributed by atoms with van der Waals surface area (Å²) in [6.07, 6.45) is 0. The molecule has 20 heavy (non-hydrogen) atoms. The van der Waals surface area contributed by atoms with Gasteiger partial charge in [-0.1, -0.05) is 23.7 Å². The SMILES string of the molecule is Cc1nc(Cl)ccc1NCc1ccc(OCC#N)cc1. The van der Waals surface area contributed by atoms with Gasteiger partial charge in [-0.05, 0) is 36.8 Å². The number of nitrogens with zero attached hydrogens (tertiary/aromatic N) is 2. The van der Waals surface area contributed by atoms with Crippen molar-refractivity contribution in [3.05, 3.63) is 52.8 Å². The molecule has 0 aliphatic heterocycles. The van der Waals surface area contributed by atoms with Crippen molar-refractivity contribution in [1.29, 1.82) is 5.26 Å². The fourth-order valence-corrected chi connectivity index (χ4v) is 1.92. The van der Waals surface area contributed by atoms with Crippen LogP contribution in [-0.2, 0) is 6.54 Å². The lowest BCUT2D eigenvalue weighted by Gasteiger charge is -2.09. The van der Waals surface area contributed by atoms with Crippen LogP contribution in [0.1, 0.15) is 11.3 Å². The molecule has 0 radical (unpaired) electrons. The Hall–Kier alpha value is -2.25. The molecule has 2 aromatic rings. The van der Waals surface area contributed by atoms with E-state index >= 15 is 0 Å². The van der Waals surface area contributed by atoms with Gasteiger partial charge >= 0.3 is 0 Å². The van der Waals surface area contributed by atoms with E-state index in [2.05, 4.69) is 10.3 Å². The van der Waals surface area contributed by atoms with Crippen molar-refractivity contribution < 1.29 is 4.74 Å². The summed E-state index contributed by atoms with van der Waals surface area (Å²) in [5.41, 5.74) is 2.94. The summed E-state index contributed by atoms with van der Waals surface area (Å²) >= 11 is 5.82. The number of anilines is 1. The first-order valence-electron chi connectivity index (χ1n) is 6.15. The standard InChI is InChI=1S/C15H14ClN3O/c1-11-14(6-7-15(16)19-11)18-10-12-2-4-13(5-3-12)20-9-8-17/h2-7,18H,9-10H2,1H3. The Bertz CT molecular complexity index is 620. The van der Waals surface area contributed by atoms with Crippen LogP contribution in [0.5, 0.6) is 5.75 Å². The summed E-state index contributed by atoms with van der Waals surface area (Å²) in [7, 11) is 0. The number of nitriles is 1. The molecule has 0 unspecified atom stereocenters. The van der Waals surface area contributed by atoms with Crippen LogP contribution in [0, 0.1) is 18.3 Å². The van der Waals surface area contributed by atoms with Crippen molar-refractivity contribution in [2.75, 3.05) is 11.9 Å². The zero-order valence-corrected chi connectivity index (χ0v) is 11.8. The van der Waals surface area contributed by atoms with Crippen molar-refractivity contribution in [2.24, 2.45) is 0 Å². The molecule has 1 heterocycles. The van der Waals surface area contributed by atoms with Crippen LogP contribution in [0.25, 0.3) is 0 Å². The molecular formula is C15H14ClN3O. The predicted octanol–water partition coefficient (Wildman–Crippen LogP) is 3.56. The lowest BCUT2D eigenvalue weighted by atomic mass is 10.2. The third-order valence-electron chi connectivity index (χ3n) is 2.76. The van der Waals surface area contributed by atoms with Gasteiger partial charge in [0.25, 0.3) is 0 Å². The minimum absolute atomic E-state index is 0.0627. The summed E-state index contributed by atoms with van der Waals surface area (Å²) in [6, 6.07) is 13.2. The lowest BCUT2D eigenvalue weighted by molar-refractivity contribution is 0.368. The van der Waals surface area contributed by atoms with Gasteiger partial charge < -0.3 is 10.1 Å². The Balaban J connectivity index is 1.95.